The molecule has 0 radical (unpaired) electrons. The van der Waals surface area contributed by atoms with Crippen molar-refractivity contribution in [3.05, 3.63) is 76.1 Å². The molecule has 0 spiro atoms. The molecule has 49 heavy (non-hydrogen) atoms. The summed E-state index contributed by atoms with van der Waals surface area (Å²) in [7, 11) is 0. The van der Waals surface area contributed by atoms with Gasteiger partial charge in [-0.05, 0) is 68.6 Å². The summed E-state index contributed by atoms with van der Waals surface area (Å²) in [6, 6.07) is 11.8. The highest BCUT2D eigenvalue weighted by atomic mass is 35.5. The Kier molecular flexibility index (Phi) is 7.95. The Morgan fingerprint density at radius 2 is 1.88 bits per heavy atom. The number of aromatic nitrogens is 7. The van der Waals surface area contributed by atoms with Crippen LogP contribution < -0.4 is 9.47 Å². The monoisotopic (exact) mass is 698 g/mol. The summed E-state index contributed by atoms with van der Waals surface area (Å²) in [6.07, 6.45) is -2.06. The first-order chi connectivity index (χ1) is 23.5. The number of nitrogens with one attached hydrogen (secondary N) is 1. The van der Waals surface area contributed by atoms with Gasteiger partial charge in [0.25, 0.3) is 5.79 Å². The van der Waals surface area contributed by atoms with Crippen molar-refractivity contribution in [2.75, 3.05) is 26.3 Å². The van der Waals surface area contributed by atoms with Gasteiger partial charge in [-0.3, -0.25) is 10.00 Å². The van der Waals surface area contributed by atoms with Crippen molar-refractivity contribution in [1.82, 2.24) is 39.8 Å². The molecule has 3 aromatic heterocycles. The third kappa shape index (κ3) is 6.08. The van der Waals surface area contributed by atoms with Crippen molar-refractivity contribution in [3.8, 4) is 23.0 Å². The van der Waals surface area contributed by atoms with E-state index in [1.54, 1.807) is 25.1 Å². The highest BCUT2D eigenvalue weighted by Crippen LogP contribution is 2.50. The summed E-state index contributed by atoms with van der Waals surface area (Å²) in [5, 5.41) is 14.4. The zero-order valence-corrected chi connectivity index (χ0v) is 27.1. The fourth-order valence-electron chi connectivity index (χ4n) is 6.92. The maximum absolute atomic E-state index is 14.9. The van der Waals surface area contributed by atoms with Gasteiger partial charge in [0.1, 0.15) is 22.9 Å². The standard InChI is InChI=1S/C33H31ClF4N8O3/c1-32(22-6-5-20(34)13-23(22)35)48-26-4-2-3-21(28(26)49-32)19-7-10-45(11-8-19)16-27-39-25-14-24(29-40-31(44-42-29)33(36,37)38)41-43-30(25)46(27)15-18-9-12-47-17-18/h2-6,13-14,18-19H,7-12,15-17H2,1H3,(H,40,42,44)/t18-,32+/m1/s1. The van der Waals surface area contributed by atoms with Crippen LogP contribution in [-0.2, 0) is 29.8 Å². The zero-order valence-electron chi connectivity index (χ0n) is 26.3. The van der Waals surface area contributed by atoms with Crippen LogP contribution in [0.3, 0.4) is 0 Å². The largest absolute Gasteiger partial charge is 0.451 e. The van der Waals surface area contributed by atoms with Crippen LogP contribution in [0.2, 0.25) is 5.02 Å². The molecule has 8 rings (SSSR count). The van der Waals surface area contributed by atoms with Crippen LogP contribution in [0.1, 0.15) is 54.9 Å². The van der Waals surface area contributed by atoms with Crippen LogP contribution >= 0.6 is 11.6 Å². The molecule has 3 aliphatic heterocycles. The Bertz CT molecular complexity index is 2020. The second-order valence-electron chi connectivity index (χ2n) is 12.8. The second kappa shape index (κ2) is 12.2. The van der Waals surface area contributed by atoms with Crippen molar-refractivity contribution in [2.45, 2.75) is 57.2 Å². The number of alkyl halides is 3. The topological polar surface area (TPSA) is 116 Å². The fourth-order valence-corrected chi connectivity index (χ4v) is 7.08. The molecule has 11 nitrogen and oxygen atoms in total. The highest BCUT2D eigenvalue weighted by Gasteiger charge is 2.43. The number of ether oxygens (including phenoxy) is 3. The van der Waals surface area contributed by atoms with Crippen molar-refractivity contribution in [3.63, 3.8) is 0 Å². The Morgan fingerprint density at radius 3 is 2.61 bits per heavy atom. The Labute approximate surface area is 282 Å². The number of rotatable bonds is 7. The second-order valence-corrected chi connectivity index (χ2v) is 13.2. The first-order valence-corrected chi connectivity index (χ1v) is 16.4. The fraction of sp³-hybridized carbons (Fsp3) is 0.424. The maximum Gasteiger partial charge on any atom is 0.451 e. The quantitative estimate of drug-likeness (QED) is 0.191. The lowest BCUT2D eigenvalue weighted by Gasteiger charge is -2.32. The van der Waals surface area contributed by atoms with Gasteiger partial charge in [0.15, 0.2) is 17.1 Å². The number of likely N-dealkylation sites (tertiary alicyclic amines) is 1. The van der Waals surface area contributed by atoms with Crippen LogP contribution in [0, 0.1) is 11.7 Å². The molecule has 0 amide bonds. The molecule has 2 aromatic carbocycles. The number of benzene rings is 2. The number of fused-ring (bicyclic) bond motifs is 2. The van der Waals surface area contributed by atoms with Gasteiger partial charge in [0.2, 0.25) is 11.6 Å². The van der Waals surface area contributed by atoms with Crippen LogP contribution in [-0.4, -0.2) is 66.1 Å². The molecular weight excluding hydrogens is 668 g/mol. The number of aromatic amines is 1. The third-order valence-corrected chi connectivity index (χ3v) is 9.68. The molecule has 1 N–H and O–H groups in total. The van der Waals surface area contributed by atoms with E-state index in [-0.39, 0.29) is 28.9 Å². The van der Waals surface area contributed by atoms with Gasteiger partial charge >= 0.3 is 6.18 Å². The predicted octanol–water partition coefficient (Wildman–Crippen LogP) is 6.48. The minimum absolute atomic E-state index is 0.0944. The summed E-state index contributed by atoms with van der Waals surface area (Å²) < 4.78 is 74.4. The van der Waals surface area contributed by atoms with E-state index in [0.717, 1.165) is 43.7 Å². The van der Waals surface area contributed by atoms with Gasteiger partial charge in [0, 0.05) is 36.6 Å². The number of piperidine rings is 1. The zero-order chi connectivity index (χ0) is 33.9. The minimum Gasteiger partial charge on any atom is -0.444 e. The summed E-state index contributed by atoms with van der Waals surface area (Å²) >= 11 is 5.98. The average Bonchev–Trinajstić information content (AvgIpc) is 3.88. The number of nitrogens with zero attached hydrogens (tertiary/aromatic N) is 7. The minimum atomic E-state index is -4.66. The Hall–Kier alpha value is -4.34. The number of para-hydroxylation sites is 1. The maximum atomic E-state index is 14.9. The van der Waals surface area contributed by atoms with E-state index in [0.29, 0.717) is 54.0 Å². The number of imidazole rings is 1. The Balaban J connectivity index is 1.01. The number of halogens is 5. The molecule has 256 valence electrons. The number of H-pyrrole nitrogens is 1. The van der Waals surface area contributed by atoms with E-state index in [1.807, 2.05) is 27.9 Å². The predicted molar refractivity (Wildman–Crippen MR) is 168 cm³/mol. The molecule has 0 aliphatic carbocycles. The molecular formula is C33H31ClF4N8O3. The van der Waals surface area contributed by atoms with Crippen molar-refractivity contribution in [2.24, 2.45) is 5.92 Å². The Morgan fingerprint density at radius 1 is 1.04 bits per heavy atom. The summed E-state index contributed by atoms with van der Waals surface area (Å²) in [4.78, 5) is 10.8. The first-order valence-electron chi connectivity index (χ1n) is 16.0. The molecule has 0 saturated carbocycles. The first kappa shape index (κ1) is 31.9. The van der Waals surface area contributed by atoms with Crippen LogP contribution in [0.15, 0.2) is 42.5 Å². The van der Waals surface area contributed by atoms with Gasteiger partial charge in [-0.2, -0.15) is 18.3 Å². The summed E-state index contributed by atoms with van der Waals surface area (Å²) in [6.45, 7) is 5.76. The lowest BCUT2D eigenvalue weighted by atomic mass is 9.88. The lowest BCUT2D eigenvalue weighted by molar-refractivity contribution is -0.144. The van der Waals surface area contributed by atoms with E-state index in [1.165, 1.54) is 6.07 Å². The third-order valence-electron chi connectivity index (χ3n) is 9.44. The van der Waals surface area contributed by atoms with Crippen molar-refractivity contribution in [1.29, 1.82) is 0 Å². The molecule has 2 atom stereocenters. The molecule has 16 heteroatoms. The van der Waals surface area contributed by atoms with E-state index in [9.17, 15) is 17.6 Å². The number of hydrogen-bond donors (Lipinski definition) is 1. The van der Waals surface area contributed by atoms with Crippen molar-refractivity contribution >= 4 is 22.8 Å². The SMILES string of the molecule is C[C@]1(c2ccc(Cl)cc2F)Oc2cccc(C3CCN(Cc4nc5cc(-c6n[nH]c(C(F)(F)F)n6)nnc5n4C[C@H]4CCOC4)CC3)c2O1. The summed E-state index contributed by atoms with van der Waals surface area (Å²) in [5.74, 6) is -0.779. The molecule has 3 aliphatic rings. The van der Waals surface area contributed by atoms with Crippen LogP contribution in [0.4, 0.5) is 17.6 Å². The molecule has 0 unspecified atom stereocenters. The lowest BCUT2D eigenvalue weighted by Crippen LogP contribution is -2.34. The average molecular weight is 699 g/mol. The van der Waals surface area contributed by atoms with E-state index in [4.69, 9.17) is 30.8 Å². The normalized spacial score (nSPS) is 21.6. The molecule has 5 aromatic rings. The number of hydrogen-bond acceptors (Lipinski definition) is 9. The molecule has 2 saturated heterocycles. The van der Waals surface area contributed by atoms with Gasteiger partial charge in [0.05, 0.1) is 18.7 Å². The van der Waals surface area contributed by atoms with Crippen LogP contribution in [0.25, 0.3) is 22.7 Å². The highest BCUT2D eigenvalue weighted by molar-refractivity contribution is 6.30. The van der Waals surface area contributed by atoms with E-state index in [2.05, 4.69) is 25.2 Å². The van der Waals surface area contributed by atoms with Gasteiger partial charge in [-0.25, -0.2) is 14.4 Å². The van der Waals surface area contributed by atoms with Gasteiger partial charge in [-0.15, -0.1) is 10.2 Å². The van der Waals surface area contributed by atoms with Gasteiger partial charge in [-0.1, -0.05) is 23.7 Å². The molecule has 6 heterocycles. The molecule has 2 fully saturated rings. The van der Waals surface area contributed by atoms with E-state index >= 15 is 0 Å². The molecule has 0 bridgehead atoms. The summed E-state index contributed by atoms with van der Waals surface area (Å²) in [5.41, 5.74) is 2.43. The van der Waals surface area contributed by atoms with Crippen molar-refractivity contribution < 1.29 is 31.8 Å². The smallest absolute Gasteiger partial charge is 0.444 e. The van der Waals surface area contributed by atoms with Crippen LogP contribution in [0.5, 0.6) is 11.5 Å². The van der Waals surface area contributed by atoms with Gasteiger partial charge < -0.3 is 18.8 Å². The van der Waals surface area contributed by atoms with E-state index < -0.39 is 23.6 Å².